The average molecular weight is 386 g/mol. The van der Waals surface area contributed by atoms with Gasteiger partial charge in [0.15, 0.2) is 10.9 Å². The van der Waals surface area contributed by atoms with Gasteiger partial charge in [-0.2, -0.15) is 0 Å². The maximum atomic E-state index is 12.3. The minimum absolute atomic E-state index is 0.0542. The van der Waals surface area contributed by atoms with Crippen molar-refractivity contribution in [2.24, 2.45) is 0 Å². The van der Waals surface area contributed by atoms with Gasteiger partial charge in [-0.3, -0.25) is 4.79 Å². The number of nitrogens with two attached hydrogens (primary N) is 1. The zero-order chi connectivity index (χ0) is 18.3. The molecule has 0 fully saturated rings. The molecule has 2 N–H and O–H groups in total. The number of hydrogen-bond donors (Lipinski definition) is 1. The van der Waals surface area contributed by atoms with Crippen LogP contribution in [0.2, 0.25) is 0 Å². The number of rotatable bonds is 4. The predicted molar refractivity (Wildman–Crippen MR) is 106 cm³/mol. The second-order valence-corrected chi connectivity index (χ2v) is 8.90. The summed E-state index contributed by atoms with van der Waals surface area (Å²) < 4.78 is 5.89. The van der Waals surface area contributed by atoms with E-state index in [9.17, 15) is 4.79 Å². The third kappa shape index (κ3) is 3.34. The van der Waals surface area contributed by atoms with E-state index in [-0.39, 0.29) is 17.1 Å². The molecule has 4 rings (SSSR count). The number of anilines is 1. The highest BCUT2D eigenvalue weighted by Crippen LogP contribution is 2.40. The van der Waals surface area contributed by atoms with Crippen molar-refractivity contribution in [3.05, 3.63) is 46.3 Å². The molecule has 0 bridgehead atoms. The normalized spacial score (nSPS) is 15.8. The summed E-state index contributed by atoms with van der Waals surface area (Å²) in [6.07, 6.45) is 0.800. The first-order chi connectivity index (χ1) is 12.4. The van der Waals surface area contributed by atoms with E-state index in [1.807, 2.05) is 30.3 Å². The van der Waals surface area contributed by atoms with Gasteiger partial charge in [-0.25, -0.2) is 9.97 Å². The van der Waals surface area contributed by atoms with Gasteiger partial charge in [0.05, 0.1) is 23.3 Å². The molecule has 5 nitrogen and oxygen atoms in total. The van der Waals surface area contributed by atoms with E-state index in [0.717, 1.165) is 16.6 Å². The van der Waals surface area contributed by atoms with Crippen LogP contribution in [0.4, 0.5) is 5.82 Å². The molecule has 0 saturated carbocycles. The number of nitrogens with zero attached hydrogens (tertiary/aromatic N) is 2. The molecule has 2 aromatic heterocycles. The number of benzene rings is 1. The first kappa shape index (κ1) is 17.5. The van der Waals surface area contributed by atoms with Crippen LogP contribution in [-0.2, 0) is 17.8 Å². The lowest BCUT2D eigenvalue weighted by atomic mass is 9.94. The maximum Gasteiger partial charge on any atom is 0.191 e. The van der Waals surface area contributed by atoms with Crippen LogP contribution in [0.1, 0.15) is 34.6 Å². The topological polar surface area (TPSA) is 78.1 Å². The van der Waals surface area contributed by atoms with Crippen molar-refractivity contribution in [2.75, 3.05) is 11.5 Å². The van der Waals surface area contributed by atoms with Crippen LogP contribution in [0.5, 0.6) is 0 Å². The lowest BCUT2D eigenvalue weighted by Crippen LogP contribution is -2.31. The Hall–Kier alpha value is -1.96. The highest BCUT2D eigenvalue weighted by molar-refractivity contribution is 7.99. The number of aromatic nitrogens is 2. The fourth-order valence-electron chi connectivity index (χ4n) is 3.05. The number of ketones is 1. The molecular formula is C19H19N3O2S2. The minimum Gasteiger partial charge on any atom is -0.383 e. The number of ether oxygens (including phenoxy) is 1. The molecule has 1 aromatic carbocycles. The minimum atomic E-state index is -0.205. The Balaban J connectivity index is 1.59. The van der Waals surface area contributed by atoms with E-state index < -0.39 is 0 Å². The Kier molecular flexibility index (Phi) is 4.46. The second-order valence-electron chi connectivity index (χ2n) is 6.88. The predicted octanol–water partition coefficient (Wildman–Crippen LogP) is 4.10. The summed E-state index contributed by atoms with van der Waals surface area (Å²) in [5.74, 6) is 0.828. The summed E-state index contributed by atoms with van der Waals surface area (Å²) >= 11 is 2.93. The number of fused-ring (bicyclic) bond motifs is 3. The van der Waals surface area contributed by atoms with Gasteiger partial charge in [-0.1, -0.05) is 42.1 Å². The third-order valence-corrected chi connectivity index (χ3v) is 6.31. The molecule has 0 atom stereocenters. The summed E-state index contributed by atoms with van der Waals surface area (Å²) in [5, 5.41) is 1.48. The molecule has 26 heavy (non-hydrogen) atoms. The van der Waals surface area contributed by atoms with Crippen LogP contribution < -0.4 is 5.73 Å². The molecule has 0 amide bonds. The van der Waals surface area contributed by atoms with Crippen molar-refractivity contribution in [3.8, 4) is 0 Å². The summed E-state index contributed by atoms with van der Waals surface area (Å²) in [7, 11) is 0. The van der Waals surface area contributed by atoms with Crippen molar-refractivity contribution in [1.29, 1.82) is 0 Å². The largest absolute Gasteiger partial charge is 0.383 e. The van der Waals surface area contributed by atoms with Crippen LogP contribution in [-0.4, -0.2) is 27.1 Å². The highest BCUT2D eigenvalue weighted by Gasteiger charge is 2.30. The van der Waals surface area contributed by atoms with Gasteiger partial charge in [0.1, 0.15) is 10.6 Å². The molecule has 3 aromatic rings. The van der Waals surface area contributed by atoms with E-state index >= 15 is 0 Å². The van der Waals surface area contributed by atoms with Gasteiger partial charge in [0, 0.05) is 16.9 Å². The monoisotopic (exact) mass is 385 g/mol. The lowest BCUT2D eigenvalue weighted by molar-refractivity contribution is -0.0379. The Morgan fingerprint density at radius 1 is 1.31 bits per heavy atom. The zero-order valence-electron chi connectivity index (χ0n) is 14.6. The molecule has 3 heterocycles. The molecule has 0 saturated heterocycles. The van der Waals surface area contributed by atoms with Gasteiger partial charge in [-0.15, -0.1) is 11.3 Å². The van der Waals surface area contributed by atoms with Crippen LogP contribution in [0.25, 0.3) is 10.2 Å². The van der Waals surface area contributed by atoms with Gasteiger partial charge in [0.25, 0.3) is 0 Å². The molecule has 7 heteroatoms. The Morgan fingerprint density at radius 3 is 2.85 bits per heavy atom. The maximum absolute atomic E-state index is 12.3. The second kappa shape index (κ2) is 6.64. The molecule has 1 aliphatic heterocycles. The summed E-state index contributed by atoms with van der Waals surface area (Å²) in [4.78, 5) is 23.4. The van der Waals surface area contributed by atoms with E-state index in [1.54, 1.807) is 11.3 Å². The van der Waals surface area contributed by atoms with Gasteiger partial charge in [0.2, 0.25) is 0 Å². The van der Waals surface area contributed by atoms with Gasteiger partial charge < -0.3 is 10.5 Å². The van der Waals surface area contributed by atoms with Gasteiger partial charge in [-0.05, 0) is 19.4 Å². The highest BCUT2D eigenvalue weighted by atomic mass is 32.2. The van der Waals surface area contributed by atoms with E-state index in [0.29, 0.717) is 23.1 Å². The molecular weight excluding hydrogens is 366 g/mol. The fourth-order valence-corrected chi connectivity index (χ4v) is 4.97. The molecule has 1 aliphatic rings. The van der Waals surface area contributed by atoms with Crippen molar-refractivity contribution in [2.45, 2.75) is 37.6 Å². The molecule has 134 valence electrons. The molecule has 0 unspecified atom stereocenters. The van der Waals surface area contributed by atoms with Crippen molar-refractivity contribution in [3.63, 3.8) is 0 Å². The summed E-state index contributed by atoms with van der Waals surface area (Å²) in [6, 6.07) is 9.24. The fraction of sp³-hybridized carbons (Fsp3) is 0.316. The Labute approximate surface area is 160 Å². The zero-order valence-corrected chi connectivity index (χ0v) is 16.2. The lowest BCUT2D eigenvalue weighted by Gasteiger charge is -2.30. The number of carbonyl (C=O) groups excluding carboxylic acids is 1. The van der Waals surface area contributed by atoms with Gasteiger partial charge >= 0.3 is 0 Å². The number of Topliss-reactive ketones (excluding diaryl/α,β-unsaturated/α-hetero) is 1. The SMILES string of the molecule is CC1(C)Cc2c(sc3nc(SCC(=O)c4ccccc4)nc(N)c23)CO1. The Bertz CT molecular complexity index is 983. The average Bonchev–Trinajstić information content (AvgIpc) is 2.97. The van der Waals surface area contributed by atoms with Crippen molar-refractivity contribution in [1.82, 2.24) is 9.97 Å². The number of hydrogen-bond acceptors (Lipinski definition) is 7. The first-order valence-corrected chi connectivity index (χ1v) is 10.2. The summed E-state index contributed by atoms with van der Waals surface area (Å²) in [6.45, 7) is 4.74. The van der Waals surface area contributed by atoms with Crippen LogP contribution in [0, 0.1) is 0 Å². The van der Waals surface area contributed by atoms with Crippen molar-refractivity contribution < 1.29 is 9.53 Å². The number of nitrogen functional groups attached to an aromatic ring is 1. The van der Waals surface area contributed by atoms with E-state index in [2.05, 4.69) is 23.8 Å². The van der Waals surface area contributed by atoms with Crippen molar-refractivity contribution >= 4 is 44.9 Å². The van der Waals surface area contributed by atoms with Crippen LogP contribution >= 0.6 is 23.1 Å². The van der Waals surface area contributed by atoms with Crippen LogP contribution in [0.3, 0.4) is 0 Å². The number of thioether (sulfide) groups is 1. The molecule has 0 radical (unpaired) electrons. The van der Waals surface area contributed by atoms with E-state index in [4.69, 9.17) is 10.5 Å². The Morgan fingerprint density at radius 2 is 2.08 bits per heavy atom. The third-order valence-electron chi connectivity index (χ3n) is 4.37. The first-order valence-electron chi connectivity index (χ1n) is 8.36. The van der Waals surface area contributed by atoms with E-state index in [1.165, 1.54) is 22.2 Å². The number of thiophene rings is 1. The smallest absolute Gasteiger partial charge is 0.191 e. The quantitative estimate of drug-likeness (QED) is 0.414. The van der Waals surface area contributed by atoms with Crippen LogP contribution in [0.15, 0.2) is 35.5 Å². The summed E-state index contributed by atoms with van der Waals surface area (Å²) in [5.41, 5.74) is 7.94. The molecule has 0 spiro atoms. The number of carbonyl (C=O) groups is 1. The molecule has 0 aliphatic carbocycles. The standard InChI is InChI=1S/C19H19N3O2S2/c1-19(2)8-12-14(9-24-19)26-17-15(12)16(20)21-18(22-17)25-10-13(23)11-6-4-3-5-7-11/h3-7H,8-10H2,1-2H3,(H2,20,21,22).